The van der Waals surface area contributed by atoms with E-state index in [1.165, 1.54) is 205 Å². The summed E-state index contributed by atoms with van der Waals surface area (Å²) in [6.45, 7) is 13.8. The van der Waals surface area contributed by atoms with Gasteiger partial charge in [-0.25, -0.2) is 0 Å². The van der Waals surface area contributed by atoms with Gasteiger partial charge in [-0.1, -0.05) is 286 Å². The van der Waals surface area contributed by atoms with Crippen molar-refractivity contribution >= 4 is 17.9 Å². The highest BCUT2D eigenvalue weighted by Gasteiger charge is 2.19. The molecule has 2 atom stereocenters. The lowest BCUT2D eigenvalue weighted by Crippen LogP contribution is -2.30. The molecule has 0 aromatic carbocycles. The molecule has 6 nitrogen and oxygen atoms in total. The first-order valence-electron chi connectivity index (χ1n) is 29.1. The number of esters is 3. The summed E-state index contributed by atoms with van der Waals surface area (Å²) >= 11 is 0. The van der Waals surface area contributed by atoms with Gasteiger partial charge < -0.3 is 14.2 Å². The van der Waals surface area contributed by atoms with Crippen molar-refractivity contribution in [3.63, 3.8) is 0 Å². The van der Waals surface area contributed by atoms with Crippen LogP contribution in [0.2, 0.25) is 0 Å². The standard InChI is InChI=1S/C59H114O6/c1-7-55(6)47-41-35-29-23-16-12-8-9-13-17-24-30-36-42-48-57(60)63-51-56(52-64-58(61)49-43-37-31-25-20-19-22-28-34-40-46-54(4)5)65-59(62)50-44-38-32-26-18-14-10-11-15-21-27-33-39-45-53(2)3/h53-56H,7-52H2,1-6H3/t55?,56-/m1/s1. The molecule has 65 heavy (non-hydrogen) atoms. The van der Waals surface area contributed by atoms with Crippen LogP contribution in [-0.2, 0) is 28.6 Å². The van der Waals surface area contributed by atoms with Crippen LogP contribution in [-0.4, -0.2) is 37.2 Å². The molecule has 0 aliphatic carbocycles. The molecule has 6 heteroatoms. The Kier molecular flexibility index (Phi) is 49.1. The molecule has 0 rings (SSSR count). The molecule has 0 heterocycles. The lowest BCUT2D eigenvalue weighted by molar-refractivity contribution is -0.167. The number of hydrogen-bond donors (Lipinski definition) is 0. The van der Waals surface area contributed by atoms with Crippen molar-refractivity contribution in [2.45, 2.75) is 330 Å². The molecule has 0 bridgehead atoms. The van der Waals surface area contributed by atoms with Gasteiger partial charge in [-0.05, 0) is 37.0 Å². The molecule has 0 aliphatic rings. The van der Waals surface area contributed by atoms with E-state index in [1.807, 2.05) is 0 Å². The first-order chi connectivity index (χ1) is 31.6. The van der Waals surface area contributed by atoms with Crippen LogP contribution in [0.4, 0.5) is 0 Å². The Bertz CT molecular complexity index is 1010. The van der Waals surface area contributed by atoms with E-state index in [0.717, 1.165) is 75.5 Å². The van der Waals surface area contributed by atoms with Gasteiger partial charge in [0.15, 0.2) is 6.10 Å². The van der Waals surface area contributed by atoms with Crippen LogP contribution in [0.25, 0.3) is 0 Å². The molecular formula is C59H114O6. The van der Waals surface area contributed by atoms with Crippen LogP contribution >= 0.6 is 0 Å². The topological polar surface area (TPSA) is 78.9 Å². The van der Waals surface area contributed by atoms with E-state index in [2.05, 4.69) is 41.5 Å². The first-order valence-corrected chi connectivity index (χ1v) is 29.1. The molecule has 0 saturated carbocycles. The molecule has 386 valence electrons. The molecular weight excluding hydrogens is 805 g/mol. The maximum atomic E-state index is 12.9. The zero-order chi connectivity index (χ0) is 47.7. The van der Waals surface area contributed by atoms with E-state index in [0.29, 0.717) is 19.3 Å². The lowest BCUT2D eigenvalue weighted by atomic mass is 9.99. The Balaban J connectivity index is 4.30. The van der Waals surface area contributed by atoms with Gasteiger partial charge in [-0.15, -0.1) is 0 Å². The maximum absolute atomic E-state index is 12.9. The predicted octanol–water partition coefficient (Wildman–Crippen LogP) is 19.1. The number of carbonyl (C=O) groups excluding carboxylic acids is 3. The van der Waals surface area contributed by atoms with E-state index in [4.69, 9.17) is 14.2 Å². The van der Waals surface area contributed by atoms with Crippen molar-refractivity contribution in [1.82, 2.24) is 0 Å². The third kappa shape index (κ3) is 51.6. The molecule has 0 aromatic heterocycles. The third-order valence-electron chi connectivity index (χ3n) is 13.8. The monoisotopic (exact) mass is 919 g/mol. The molecule has 0 aliphatic heterocycles. The summed E-state index contributed by atoms with van der Waals surface area (Å²) in [6, 6.07) is 0. The fraction of sp³-hybridized carbons (Fsp3) is 0.949. The highest BCUT2D eigenvalue weighted by atomic mass is 16.6. The highest BCUT2D eigenvalue weighted by molar-refractivity contribution is 5.71. The summed E-state index contributed by atoms with van der Waals surface area (Å²) < 4.78 is 16.9. The summed E-state index contributed by atoms with van der Waals surface area (Å²) in [6.07, 6.45) is 52.3. The quantitative estimate of drug-likeness (QED) is 0.0344. The van der Waals surface area contributed by atoms with E-state index in [9.17, 15) is 14.4 Å². The number of unbranched alkanes of at least 4 members (excludes halogenated alkanes) is 34. The summed E-state index contributed by atoms with van der Waals surface area (Å²) in [7, 11) is 0. The van der Waals surface area contributed by atoms with Crippen molar-refractivity contribution in [2.24, 2.45) is 17.8 Å². The molecule has 0 fully saturated rings. The molecule has 0 radical (unpaired) electrons. The van der Waals surface area contributed by atoms with E-state index in [1.54, 1.807) is 0 Å². The van der Waals surface area contributed by atoms with Gasteiger partial charge in [0.1, 0.15) is 13.2 Å². The number of ether oxygens (including phenoxy) is 3. The second kappa shape index (κ2) is 50.3. The summed E-state index contributed by atoms with van der Waals surface area (Å²) in [5, 5.41) is 0. The summed E-state index contributed by atoms with van der Waals surface area (Å²) in [5.74, 6) is 1.71. The molecule has 0 aromatic rings. The number of rotatable bonds is 52. The van der Waals surface area contributed by atoms with Crippen molar-refractivity contribution in [3.05, 3.63) is 0 Å². The van der Waals surface area contributed by atoms with Crippen LogP contribution in [0.3, 0.4) is 0 Å². The molecule has 0 N–H and O–H groups in total. The number of carbonyl (C=O) groups is 3. The lowest BCUT2D eigenvalue weighted by Gasteiger charge is -2.18. The van der Waals surface area contributed by atoms with E-state index >= 15 is 0 Å². The average Bonchev–Trinajstić information content (AvgIpc) is 3.28. The van der Waals surface area contributed by atoms with Gasteiger partial charge in [-0.3, -0.25) is 14.4 Å². The zero-order valence-electron chi connectivity index (χ0n) is 44.8. The van der Waals surface area contributed by atoms with Gasteiger partial charge in [0.2, 0.25) is 0 Å². The molecule has 0 spiro atoms. The number of hydrogen-bond acceptors (Lipinski definition) is 6. The van der Waals surface area contributed by atoms with Crippen LogP contribution in [0.1, 0.15) is 324 Å². The Hall–Kier alpha value is -1.59. The minimum atomic E-state index is -0.764. The maximum Gasteiger partial charge on any atom is 0.306 e. The Morgan fingerprint density at radius 2 is 0.538 bits per heavy atom. The van der Waals surface area contributed by atoms with Crippen LogP contribution < -0.4 is 0 Å². The van der Waals surface area contributed by atoms with Gasteiger partial charge in [0, 0.05) is 19.3 Å². The normalized spacial score (nSPS) is 12.6. The van der Waals surface area contributed by atoms with Crippen molar-refractivity contribution < 1.29 is 28.6 Å². The summed E-state index contributed by atoms with van der Waals surface area (Å²) in [4.78, 5) is 38.1. The van der Waals surface area contributed by atoms with Crippen LogP contribution in [0.5, 0.6) is 0 Å². The Morgan fingerprint density at radius 1 is 0.308 bits per heavy atom. The molecule has 1 unspecified atom stereocenters. The largest absolute Gasteiger partial charge is 0.462 e. The minimum Gasteiger partial charge on any atom is -0.462 e. The van der Waals surface area contributed by atoms with Crippen molar-refractivity contribution in [1.29, 1.82) is 0 Å². The van der Waals surface area contributed by atoms with Gasteiger partial charge >= 0.3 is 17.9 Å². The summed E-state index contributed by atoms with van der Waals surface area (Å²) in [5.41, 5.74) is 0. The predicted molar refractivity (Wildman–Crippen MR) is 279 cm³/mol. The Morgan fingerprint density at radius 3 is 0.800 bits per heavy atom. The molecule has 0 saturated heterocycles. The zero-order valence-corrected chi connectivity index (χ0v) is 44.8. The van der Waals surface area contributed by atoms with Crippen LogP contribution in [0.15, 0.2) is 0 Å². The highest BCUT2D eigenvalue weighted by Crippen LogP contribution is 2.19. The van der Waals surface area contributed by atoms with Crippen molar-refractivity contribution in [2.75, 3.05) is 13.2 Å². The molecule has 0 amide bonds. The average molecular weight is 920 g/mol. The fourth-order valence-corrected chi connectivity index (χ4v) is 8.97. The third-order valence-corrected chi connectivity index (χ3v) is 13.8. The van der Waals surface area contributed by atoms with E-state index < -0.39 is 6.10 Å². The Labute approximate surface area is 406 Å². The van der Waals surface area contributed by atoms with Gasteiger partial charge in [0.05, 0.1) is 0 Å². The first kappa shape index (κ1) is 63.4. The van der Waals surface area contributed by atoms with E-state index in [-0.39, 0.29) is 31.1 Å². The second-order valence-corrected chi connectivity index (χ2v) is 21.5. The minimum absolute atomic E-state index is 0.0635. The second-order valence-electron chi connectivity index (χ2n) is 21.5. The smallest absolute Gasteiger partial charge is 0.306 e. The SMILES string of the molecule is CCC(C)CCCCCCCCCCCCCCCCC(=O)OC[C@H](COC(=O)CCCCCCCCCCCCC(C)C)OC(=O)CCCCCCCCCCCCCCCC(C)C. The van der Waals surface area contributed by atoms with Crippen LogP contribution in [0, 0.1) is 17.8 Å². The van der Waals surface area contributed by atoms with Crippen molar-refractivity contribution in [3.8, 4) is 0 Å². The fourth-order valence-electron chi connectivity index (χ4n) is 8.97. The van der Waals surface area contributed by atoms with Gasteiger partial charge in [-0.2, -0.15) is 0 Å². The van der Waals surface area contributed by atoms with Gasteiger partial charge in [0.25, 0.3) is 0 Å².